The summed E-state index contributed by atoms with van der Waals surface area (Å²) in [6.07, 6.45) is 3.08. The third kappa shape index (κ3) is 4.36. The van der Waals surface area contributed by atoms with E-state index in [4.69, 9.17) is 16.3 Å². The van der Waals surface area contributed by atoms with Gasteiger partial charge in [-0.15, -0.1) is 0 Å². The fourth-order valence-corrected chi connectivity index (χ4v) is 4.77. The first-order valence-electron chi connectivity index (χ1n) is 10.3. The van der Waals surface area contributed by atoms with Crippen molar-refractivity contribution in [2.24, 2.45) is 5.92 Å². The van der Waals surface area contributed by atoms with Gasteiger partial charge >= 0.3 is 6.03 Å². The Labute approximate surface area is 175 Å². The Kier molecular flexibility index (Phi) is 5.71. The zero-order valence-electron chi connectivity index (χ0n) is 16.6. The minimum atomic E-state index is -0.385. The number of nitrogens with one attached hydrogen (secondary N) is 1. The van der Waals surface area contributed by atoms with Crippen LogP contribution in [0.4, 0.5) is 9.18 Å². The van der Waals surface area contributed by atoms with E-state index in [-0.39, 0.29) is 34.3 Å². The Hall–Kier alpha value is -1.86. The van der Waals surface area contributed by atoms with Gasteiger partial charge in [0.25, 0.3) is 0 Å². The van der Waals surface area contributed by atoms with Crippen LogP contribution in [0.1, 0.15) is 32.6 Å². The average Bonchev–Trinajstić information content (AvgIpc) is 2.69. The molecule has 3 fully saturated rings. The number of Topliss-reactive ketones (excluding diaryl/α,β-unsaturated/α-hetero) is 1. The van der Waals surface area contributed by atoms with Crippen LogP contribution in [0.2, 0.25) is 5.02 Å². The molecule has 2 amide bonds. The molecule has 1 N–H and O–H groups in total. The summed E-state index contributed by atoms with van der Waals surface area (Å²) in [4.78, 5) is 28.0. The molecule has 1 aromatic rings. The van der Waals surface area contributed by atoms with Crippen molar-refractivity contribution in [2.75, 3.05) is 32.7 Å². The van der Waals surface area contributed by atoms with Crippen LogP contribution in [-0.4, -0.2) is 66.0 Å². The van der Waals surface area contributed by atoms with Crippen LogP contribution < -0.4 is 10.1 Å². The highest BCUT2D eigenvalue weighted by Gasteiger charge is 2.48. The van der Waals surface area contributed by atoms with E-state index in [1.165, 1.54) is 12.1 Å². The van der Waals surface area contributed by atoms with Crippen molar-refractivity contribution in [3.8, 4) is 5.75 Å². The summed E-state index contributed by atoms with van der Waals surface area (Å²) >= 11 is 6.06. The molecule has 1 unspecified atom stereocenters. The van der Waals surface area contributed by atoms with Gasteiger partial charge in [0.05, 0.1) is 23.2 Å². The Balaban J connectivity index is 1.24. The third-order valence-corrected chi connectivity index (χ3v) is 6.78. The van der Waals surface area contributed by atoms with Crippen LogP contribution >= 0.6 is 11.6 Å². The van der Waals surface area contributed by atoms with E-state index in [0.29, 0.717) is 50.8 Å². The van der Waals surface area contributed by atoms with Gasteiger partial charge in [0.15, 0.2) is 0 Å². The van der Waals surface area contributed by atoms with E-state index in [2.05, 4.69) is 5.32 Å². The maximum absolute atomic E-state index is 13.2. The lowest BCUT2D eigenvalue weighted by molar-refractivity contribution is -0.122. The van der Waals surface area contributed by atoms with E-state index in [0.717, 1.165) is 19.3 Å². The number of hydrogen-bond donors (Lipinski definition) is 1. The SMILES string of the molecule is CC(Oc1ccc(F)cc1Cl)C1CCN(C(=O)N2CC3(CCC(=O)CN3)C2)CC1. The first kappa shape index (κ1) is 20.4. The Morgan fingerprint density at radius 3 is 2.66 bits per heavy atom. The number of rotatable bonds is 3. The maximum Gasteiger partial charge on any atom is 0.320 e. The van der Waals surface area contributed by atoms with Crippen LogP contribution in [0.25, 0.3) is 0 Å². The van der Waals surface area contributed by atoms with Crippen molar-refractivity contribution < 1.29 is 18.7 Å². The molecule has 0 bridgehead atoms. The van der Waals surface area contributed by atoms with Crippen LogP contribution in [0.5, 0.6) is 5.75 Å². The van der Waals surface area contributed by atoms with E-state index < -0.39 is 0 Å². The number of nitrogens with zero attached hydrogens (tertiary/aromatic N) is 2. The van der Waals surface area contributed by atoms with Crippen LogP contribution in [0, 0.1) is 11.7 Å². The number of benzene rings is 1. The second-order valence-electron chi connectivity index (χ2n) is 8.53. The zero-order valence-corrected chi connectivity index (χ0v) is 17.4. The van der Waals surface area contributed by atoms with Gasteiger partial charge in [-0.05, 0) is 50.3 Å². The lowest BCUT2D eigenvalue weighted by Gasteiger charge is -2.53. The van der Waals surface area contributed by atoms with Gasteiger partial charge in [-0.2, -0.15) is 0 Å². The summed E-state index contributed by atoms with van der Waals surface area (Å²) < 4.78 is 19.1. The second-order valence-corrected chi connectivity index (χ2v) is 8.94. The molecule has 1 spiro atoms. The molecule has 3 aliphatic rings. The molecule has 0 radical (unpaired) electrons. The number of amides is 2. The topological polar surface area (TPSA) is 61.9 Å². The highest BCUT2D eigenvalue weighted by atomic mass is 35.5. The predicted molar refractivity (Wildman–Crippen MR) is 108 cm³/mol. The van der Waals surface area contributed by atoms with Gasteiger partial charge in [-0.1, -0.05) is 11.6 Å². The number of piperidine rings is 2. The monoisotopic (exact) mass is 423 g/mol. The van der Waals surface area contributed by atoms with Crippen molar-refractivity contribution in [1.29, 1.82) is 0 Å². The van der Waals surface area contributed by atoms with Crippen LogP contribution in [0.15, 0.2) is 18.2 Å². The number of likely N-dealkylation sites (tertiary alicyclic amines) is 2. The molecule has 29 heavy (non-hydrogen) atoms. The zero-order chi connectivity index (χ0) is 20.6. The number of ketones is 1. The summed E-state index contributed by atoms with van der Waals surface area (Å²) in [5, 5.41) is 3.58. The van der Waals surface area contributed by atoms with Gasteiger partial charge in [-0.25, -0.2) is 9.18 Å². The fourth-order valence-electron chi connectivity index (χ4n) is 4.56. The second kappa shape index (κ2) is 8.11. The molecule has 3 saturated heterocycles. The predicted octanol–water partition coefficient (Wildman–Crippen LogP) is 3.09. The molecule has 4 rings (SSSR count). The van der Waals surface area contributed by atoms with E-state index in [9.17, 15) is 14.0 Å². The smallest absolute Gasteiger partial charge is 0.320 e. The third-order valence-electron chi connectivity index (χ3n) is 6.48. The van der Waals surface area contributed by atoms with E-state index in [1.54, 1.807) is 6.07 Å². The van der Waals surface area contributed by atoms with Crippen molar-refractivity contribution in [2.45, 2.75) is 44.2 Å². The standard InChI is InChI=1S/C21H27ClFN3O3/c1-14(29-19-3-2-16(23)10-18(19)22)15-5-8-25(9-6-15)20(28)26-12-21(13-26)7-4-17(27)11-24-21/h2-3,10,14-15,24H,4-9,11-13H2,1H3. The Bertz CT molecular complexity index is 779. The molecule has 1 aromatic carbocycles. The molecule has 3 aliphatic heterocycles. The van der Waals surface area contributed by atoms with Gasteiger partial charge in [0.2, 0.25) is 0 Å². The minimum absolute atomic E-state index is 0.0569. The molecule has 0 aromatic heterocycles. The summed E-state index contributed by atoms with van der Waals surface area (Å²) in [6.45, 7) is 5.18. The highest BCUT2D eigenvalue weighted by Crippen LogP contribution is 2.32. The summed E-state index contributed by atoms with van der Waals surface area (Å²) in [6, 6.07) is 4.23. The van der Waals surface area contributed by atoms with Gasteiger partial charge in [0, 0.05) is 32.6 Å². The summed E-state index contributed by atoms with van der Waals surface area (Å²) in [5.41, 5.74) is -0.0569. The first-order chi connectivity index (χ1) is 13.8. The van der Waals surface area contributed by atoms with Crippen molar-refractivity contribution in [3.63, 3.8) is 0 Å². The van der Waals surface area contributed by atoms with Gasteiger partial charge in [0.1, 0.15) is 17.3 Å². The molecule has 1 atom stereocenters. The average molecular weight is 424 g/mol. The molecule has 0 aliphatic carbocycles. The Morgan fingerprint density at radius 2 is 2.03 bits per heavy atom. The normalized spacial score (nSPS) is 23.1. The molecule has 8 heteroatoms. The largest absolute Gasteiger partial charge is 0.489 e. The molecular formula is C21H27ClFN3O3. The summed E-state index contributed by atoms with van der Waals surface area (Å²) in [7, 11) is 0. The minimum Gasteiger partial charge on any atom is -0.489 e. The lowest BCUT2D eigenvalue weighted by Crippen LogP contribution is -2.73. The lowest BCUT2D eigenvalue weighted by atomic mass is 9.81. The molecule has 3 heterocycles. The van der Waals surface area contributed by atoms with Crippen molar-refractivity contribution in [3.05, 3.63) is 29.0 Å². The number of urea groups is 1. The maximum atomic E-state index is 13.2. The number of hydrogen-bond acceptors (Lipinski definition) is 4. The molecular weight excluding hydrogens is 397 g/mol. The van der Waals surface area contributed by atoms with Gasteiger partial charge in [-0.3, -0.25) is 4.79 Å². The van der Waals surface area contributed by atoms with Crippen LogP contribution in [-0.2, 0) is 4.79 Å². The number of carbonyl (C=O) groups is 2. The Morgan fingerprint density at radius 1 is 1.31 bits per heavy atom. The van der Waals surface area contributed by atoms with E-state index >= 15 is 0 Å². The van der Waals surface area contributed by atoms with Crippen LogP contribution in [0.3, 0.4) is 0 Å². The van der Waals surface area contributed by atoms with Gasteiger partial charge < -0.3 is 19.9 Å². The molecule has 6 nitrogen and oxygen atoms in total. The van der Waals surface area contributed by atoms with E-state index in [1.807, 2.05) is 16.7 Å². The first-order valence-corrected chi connectivity index (χ1v) is 10.7. The number of halogens is 2. The van der Waals surface area contributed by atoms with Crippen molar-refractivity contribution >= 4 is 23.4 Å². The number of ether oxygens (including phenoxy) is 1. The highest BCUT2D eigenvalue weighted by molar-refractivity contribution is 6.32. The van der Waals surface area contributed by atoms with Crippen molar-refractivity contribution in [1.82, 2.24) is 15.1 Å². The quantitative estimate of drug-likeness (QED) is 0.811. The summed E-state index contributed by atoms with van der Waals surface area (Å²) in [5.74, 6) is 0.669. The fraction of sp³-hybridized carbons (Fsp3) is 0.619. The number of carbonyl (C=O) groups excluding carboxylic acids is 2. The molecule has 158 valence electrons. The molecule has 0 saturated carbocycles.